The maximum Gasteiger partial charge on any atom is 0.259 e. The Bertz CT molecular complexity index is 1050. The van der Waals surface area contributed by atoms with Crippen LogP contribution in [-0.4, -0.2) is 20.9 Å². The number of ether oxygens (including phenoxy) is 1. The summed E-state index contributed by atoms with van der Waals surface area (Å²) >= 11 is 0. The summed E-state index contributed by atoms with van der Waals surface area (Å²) in [6, 6.07) is 6.83. The minimum absolute atomic E-state index is 0.0579. The van der Waals surface area contributed by atoms with E-state index in [1.807, 2.05) is 0 Å². The molecule has 1 fully saturated rings. The van der Waals surface area contributed by atoms with Crippen LogP contribution in [-0.2, 0) is 11.8 Å². The molecule has 1 aromatic heterocycles. The van der Waals surface area contributed by atoms with Gasteiger partial charge in [0.2, 0.25) is 0 Å². The molecule has 5 atom stereocenters. The van der Waals surface area contributed by atoms with Gasteiger partial charge in [0.1, 0.15) is 11.5 Å². The molecule has 0 bridgehead atoms. The molecule has 0 spiro atoms. The van der Waals surface area contributed by atoms with Gasteiger partial charge in [-0.1, -0.05) is 58.4 Å². The predicted octanol–water partition coefficient (Wildman–Crippen LogP) is 6.34. The molecule has 1 aromatic carbocycles. The van der Waals surface area contributed by atoms with Gasteiger partial charge in [-0.25, -0.2) is 0 Å². The van der Waals surface area contributed by atoms with Crippen molar-refractivity contribution in [3.8, 4) is 22.6 Å². The molecular formula is C28H39NO4. The maximum atomic E-state index is 13.1. The van der Waals surface area contributed by atoms with Gasteiger partial charge in [-0.05, 0) is 55.6 Å². The first kappa shape index (κ1) is 25.1. The van der Waals surface area contributed by atoms with Crippen LogP contribution in [0.5, 0.6) is 11.5 Å². The number of para-hydroxylation sites is 1. The standard InChI is InChI=1S/C28H39NO4/c1-7-17(2)14-18(3)15-20(5)27-19(4)12-13-24(33-27)25-26(31)22(16-29(6)28(25)32)21-10-8-9-11-23(21)30/h8-11,15-19,24,27,30-31H,7,12-14H2,1-6H3/b20-15+/t17-,18+,19+,24-,27+/m0/s1. The Labute approximate surface area is 197 Å². The summed E-state index contributed by atoms with van der Waals surface area (Å²) in [5.74, 6) is 1.42. The van der Waals surface area contributed by atoms with Gasteiger partial charge in [-0.15, -0.1) is 0 Å². The first-order chi connectivity index (χ1) is 15.6. The molecule has 1 saturated heterocycles. The minimum atomic E-state index is -0.496. The van der Waals surface area contributed by atoms with Gasteiger partial charge < -0.3 is 19.5 Å². The second-order valence-corrected chi connectivity index (χ2v) is 9.98. The largest absolute Gasteiger partial charge is 0.507 e. The second-order valence-electron chi connectivity index (χ2n) is 9.98. The summed E-state index contributed by atoms with van der Waals surface area (Å²) in [5.41, 5.74) is 2.12. The molecule has 0 radical (unpaired) electrons. The number of phenolic OH excluding ortho intramolecular Hbond substituents is 1. The quantitative estimate of drug-likeness (QED) is 0.480. The lowest BCUT2D eigenvalue weighted by atomic mass is 9.85. The lowest BCUT2D eigenvalue weighted by molar-refractivity contribution is -0.0631. The van der Waals surface area contributed by atoms with Crippen molar-refractivity contribution in [1.29, 1.82) is 0 Å². The second kappa shape index (κ2) is 10.6. The van der Waals surface area contributed by atoms with Crippen LogP contribution < -0.4 is 5.56 Å². The molecule has 0 unspecified atom stereocenters. The number of aromatic hydroxyl groups is 2. The van der Waals surface area contributed by atoms with Crippen molar-refractivity contribution in [2.75, 3.05) is 0 Å². The van der Waals surface area contributed by atoms with E-state index in [9.17, 15) is 15.0 Å². The number of hydrogen-bond acceptors (Lipinski definition) is 4. The first-order valence-corrected chi connectivity index (χ1v) is 12.2. The van der Waals surface area contributed by atoms with Crippen LogP contribution in [0.15, 0.2) is 46.9 Å². The molecule has 3 rings (SSSR count). The van der Waals surface area contributed by atoms with Crippen LogP contribution >= 0.6 is 0 Å². The Hall–Kier alpha value is -2.53. The summed E-state index contributed by atoms with van der Waals surface area (Å²) in [5, 5.41) is 21.5. The zero-order valence-electron chi connectivity index (χ0n) is 20.8. The lowest BCUT2D eigenvalue weighted by Crippen LogP contribution is -2.34. The highest BCUT2D eigenvalue weighted by Gasteiger charge is 2.34. The highest BCUT2D eigenvalue weighted by molar-refractivity contribution is 5.75. The lowest BCUT2D eigenvalue weighted by Gasteiger charge is -2.36. The van der Waals surface area contributed by atoms with E-state index < -0.39 is 6.10 Å². The number of allylic oxidation sites excluding steroid dienone is 1. The fourth-order valence-corrected chi connectivity index (χ4v) is 5.06. The SMILES string of the molecule is CC[C@H](C)C[C@@H](C)/C=C(\C)[C@@H]1O[C@H](c2c(O)c(-c3ccccc3O)cn(C)c2=O)CC[C@H]1C. The molecule has 2 aromatic rings. The zero-order chi connectivity index (χ0) is 24.3. The number of rotatable bonds is 7. The Morgan fingerprint density at radius 2 is 1.91 bits per heavy atom. The average molecular weight is 454 g/mol. The topological polar surface area (TPSA) is 71.7 Å². The number of aromatic nitrogens is 1. The van der Waals surface area contributed by atoms with Crippen molar-refractivity contribution < 1.29 is 14.9 Å². The van der Waals surface area contributed by atoms with Gasteiger partial charge in [-0.2, -0.15) is 0 Å². The fraction of sp³-hybridized carbons (Fsp3) is 0.536. The average Bonchev–Trinajstić information content (AvgIpc) is 2.77. The van der Waals surface area contributed by atoms with E-state index >= 15 is 0 Å². The van der Waals surface area contributed by atoms with E-state index in [0.717, 1.165) is 12.8 Å². The van der Waals surface area contributed by atoms with Gasteiger partial charge in [-0.3, -0.25) is 4.79 Å². The molecule has 0 amide bonds. The van der Waals surface area contributed by atoms with Crippen LogP contribution in [0.3, 0.4) is 0 Å². The molecule has 33 heavy (non-hydrogen) atoms. The molecule has 5 heteroatoms. The van der Waals surface area contributed by atoms with E-state index in [4.69, 9.17) is 4.74 Å². The molecule has 1 aliphatic heterocycles. The molecular weight excluding hydrogens is 414 g/mol. The Kier molecular flexibility index (Phi) is 8.06. The fourth-order valence-electron chi connectivity index (χ4n) is 5.06. The van der Waals surface area contributed by atoms with Crippen molar-refractivity contribution in [3.05, 3.63) is 58.0 Å². The van der Waals surface area contributed by atoms with Crippen LogP contribution in [0.1, 0.15) is 72.0 Å². The molecule has 180 valence electrons. The monoisotopic (exact) mass is 453 g/mol. The normalized spacial score (nSPS) is 23.3. The molecule has 0 saturated carbocycles. The van der Waals surface area contributed by atoms with Gasteiger partial charge in [0, 0.05) is 24.4 Å². The first-order valence-electron chi connectivity index (χ1n) is 12.2. The Balaban J connectivity index is 1.95. The van der Waals surface area contributed by atoms with Crippen molar-refractivity contribution in [3.63, 3.8) is 0 Å². The summed E-state index contributed by atoms with van der Waals surface area (Å²) in [6.07, 6.45) is 7.18. The van der Waals surface area contributed by atoms with Crippen LogP contribution in [0.2, 0.25) is 0 Å². The number of pyridine rings is 1. The molecule has 5 nitrogen and oxygen atoms in total. The Morgan fingerprint density at radius 1 is 1.21 bits per heavy atom. The van der Waals surface area contributed by atoms with Crippen molar-refractivity contribution in [2.45, 2.75) is 72.5 Å². The number of phenols is 1. The van der Waals surface area contributed by atoms with Gasteiger partial charge in [0.05, 0.1) is 17.8 Å². The van der Waals surface area contributed by atoms with E-state index in [2.05, 4.69) is 40.7 Å². The van der Waals surface area contributed by atoms with Crippen LogP contribution in [0, 0.1) is 17.8 Å². The third-order valence-corrected chi connectivity index (χ3v) is 7.08. The molecule has 2 N–H and O–H groups in total. The highest BCUT2D eigenvalue weighted by atomic mass is 16.5. The highest BCUT2D eigenvalue weighted by Crippen LogP contribution is 2.43. The molecule has 0 aliphatic carbocycles. The minimum Gasteiger partial charge on any atom is -0.507 e. The smallest absolute Gasteiger partial charge is 0.259 e. The maximum absolute atomic E-state index is 13.1. The summed E-state index contributed by atoms with van der Waals surface area (Å²) < 4.78 is 7.97. The van der Waals surface area contributed by atoms with E-state index in [-0.39, 0.29) is 28.7 Å². The third-order valence-electron chi connectivity index (χ3n) is 7.08. The summed E-state index contributed by atoms with van der Waals surface area (Å²) in [7, 11) is 1.67. The predicted molar refractivity (Wildman–Crippen MR) is 133 cm³/mol. The molecule has 1 aliphatic rings. The van der Waals surface area contributed by atoms with Gasteiger partial charge >= 0.3 is 0 Å². The Morgan fingerprint density at radius 3 is 2.58 bits per heavy atom. The van der Waals surface area contributed by atoms with Gasteiger partial charge in [0.25, 0.3) is 5.56 Å². The number of benzene rings is 1. The van der Waals surface area contributed by atoms with Crippen molar-refractivity contribution in [1.82, 2.24) is 4.57 Å². The van der Waals surface area contributed by atoms with Gasteiger partial charge in [0.15, 0.2) is 0 Å². The number of aryl methyl sites for hydroxylation is 1. The van der Waals surface area contributed by atoms with Crippen LogP contribution in [0.4, 0.5) is 0 Å². The zero-order valence-corrected chi connectivity index (χ0v) is 20.8. The summed E-state index contributed by atoms with van der Waals surface area (Å²) in [4.78, 5) is 13.1. The van der Waals surface area contributed by atoms with E-state index in [1.165, 1.54) is 16.6 Å². The van der Waals surface area contributed by atoms with E-state index in [1.54, 1.807) is 37.5 Å². The van der Waals surface area contributed by atoms with Crippen molar-refractivity contribution >= 4 is 0 Å². The third kappa shape index (κ3) is 5.52. The number of nitrogens with zero attached hydrogens (tertiary/aromatic N) is 1. The molecule has 2 heterocycles. The van der Waals surface area contributed by atoms with Crippen molar-refractivity contribution in [2.24, 2.45) is 24.8 Å². The van der Waals surface area contributed by atoms with Crippen LogP contribution in [0.25, 0.3) is 11.1 Å². The summed E-state index contributed by atoms with van der Waals surface area (Å²) in [6.45, 7) is 11.1. The van der Waals surface area contributed by atoms with E-state index in [0.29, 0.717) is 35.3 Å². The number of hydrogen-bond donors (Lipinski definition) is 2.